The molecule has 2 fully saturated rings. The Bertz CT molecular complexity index is 288. The molecule has 0 bridgehead atoms. The van der Waals surface area contributed by atoms with Crippen LogP contribution in [-0.2, 0) is 18.9 Å². The minimum atomic E-state index is -0.387. The first-order chi connectivity index (χ1) is 8.09. The van der Waals surface area contributed by atoms with E-state index >= 15 is 0 Å². The van der Waals surface area contributed by atoms with Gasteiger partial charge in [-0.05, 0) is 24.7 Å². The quantitative estimate of drug-likeness (QED) is 0.691. The molecule has 0 aromatic carbocycles. The summed E-state index contributed by atoms with van der Waals surface area (Å²) in [7, 11) is 1.20. The first kappa shape index (κ1) is 12.8. The highest BCUT2D eigenvalue weighted by Crippen LogP contribution is 2.26. The molecule has 0 aromatic rings. The van der Waals surface area contributed by atoms with Crippen LogP contribution in [0.1, 0.15) is 39.5 Å². The zero-order valence-corrected chi connectivity index (χ0v) is 10.3. The third-order valence-electron chi connectivity index (χ3n) is 3.76. The number of Topliss-reactive ketones (excluding diaryl/α,β-unsaturated/α-hetero) is 2. The van der Waals surface area contributed by atoms with Crippen LogP contribution in [0.5, 0.6) is 0 Å². The number of ketones is 2. The molecule has 1 radical (unpaired) electrons. The smallest absolute Gasteiger partial charge is 0.403 e. The highest BCUT2D eigenvalue weighted by molar-refractivity contribution is 6.19. The van der Waals surface area contributed by atoms with Crippen molar-refractivity contribution in [2.75, 3.05) is 0 Å². The largest absolute Gasteiger partial charge is 0.489 e. The van der Waals surface area contributed by atoms with Crippen LogP contribution in [0.15, 0.2) is 0 Å². The number of carbonyl (C=O) groups excluding carboxylic acids is 2. The second-order valence-corrected chi connectivity index (χ2v) is 5.17. The number of carbonyl (C=O) groups is 2. The molecule has 0 aromatic heterocycles. The fourth-order valence-corrected chi connectivity index (χ4v) is 2.53. The SMILES string of the molecule is CC1CCC(=O)C1O[B]OC1C(=O)CCC1C. The van der Waals surface area contributed by atoms with Gasteiger partial charge in [-0.25, -0.2) is 0 Å². The van der Waals surface area contributed by atoms with Crippen molar-refractivity contribution in [1.29, 1.82) is 0 Å². The maximum absolute atomic E-state index is 11.5. The van der Waals surface area contributed by atoms with Crippen molar-refractivity contribution in [3.63, 3.8) is 0 Å². The predicted molar refractivity (Wildman–Crippen MR) is 62.3 cm³/mol. The van der Waals surface area contributed by atoms with E-state index in [1.165, 1.54) is 7.69 Å². The van der Waals surface area contributed by atoms with E-state index in [-0.39, 0.29) is 35.6 Å². The molecule has 4 unspecified atom stereocenters. The molecule has 0 heterocycles. The molecule has 93 valence electrons. The van der Waals surface area contributed by atoms with Crippen molar-refractivity contribution in [2.45, 2.75) is 51.7 Å². The Morgan fingerprint density at radius 2 is 1.35 bits per heavy atom. The second-order valence-electron chi connectivity index (χ2n) is 5.17. The highest BCUT2D eigenvalue weighted by atomic mass is 16.6. The molecule has 2 aliphatic carbocycles. The molecule has 2 aliphatic rings. The van der Waals surface area contributed by atoms with Gasteiger partial charge in [0.1, 0.15) is 12.2 Å². The molecule has 4 atom stereocenters. The molecule has 4 nitrogen and oxygen atoms in total. The number of rotatable bonds is 4. The Hall–Kier alpha value is -0.675. The summed E-state index contributed by atoms with van der Waals surface area (Å²) in [6.07, 6.45) is 2.13. The van der Waals surface area contributed by atoms with E-state index in [9.17, 15) is 9.59 Å². The molecular formula is C12H18BO4. The van der Waals surface area contributed by atoms with Crippen molar-refractivity contribution in [3.05, 3.63) is 0 Å². The van der Waals surface area contributed by atoms with E-state index in [4.69, 9.17) is 9.31 Å². The zero-order valence-electron chi connectivity index (χ0n) is 10.3. The fourth-order valence-electron chi connectivity index (χ4n) is 2.53. The first-order valence-corrected chi connectivity index (χ1v) is 6.27. The van der Waals surface area contributed by atoms with Crippen molar-refractivity contribution in [1.82, 2.24) is 0 Å². The molecule has 0 spiro atoms. The monoisotopic (exact) mass is 237 g/mol. The van der Waals surface area contributed by atoms with Crippen molar-refractivity contribution in [3.8, 4) is 0 Å². The lowest BCUT2D eigenvalue weighted by Crippen LogP contribution is -2.31. The maximum Gasteiger partial charge on any atom is 0.489 e. The summed E-state index contributed by atoms with van der Waals surface area (Å²) < 4.78 is 10.7. The first-order valence-electron chi connectivity index (χ1n) is 6.27. The lowest BCUT2D eigenvalue weighted by Gasteiger charge is -2.18. The third-order valence-corrected chi connectivity index (χ3v) is 3.76. The second kappa shape index (κ2) is 5.31. The fraction of sp³-hybridized carbons (Fsp3) is 0.833. The van der Waals surface area contributed by atoms with Crippen LogP contribution < -0.4 is 0 Å². The van der Waals surface area contributed by atoms with Crippen LogP contribution in [0.2, 0.25) is 0 Å². The lowest BCUT2D eigenvalue weighted by atomic mass is 10.1. The molecule has 5 heteroatoms. The molecule has 0 saturated heterocycles. The Kier molecular flexibility index (Phi) is 3.99. The predicted octanol–water partition coefficient (Wildman–Crippen LogP) is 1.29. The Labute approximate surface area is 102 Å². The normalized spacial score (nSPS) is 37.8. The van der Waals surface area contributed by atoms with Gasteiger partial charge in [-0.3, -0.25) is 9.59 Å². The summed E-state index contributed by atoms with van der Waals surface area (Å²) in [5.74, 6) is 0.726. The number of hydrogen-bond donors (Lipinski definition) is 0. The van der Waals surface area contributed by atoms with Gasteiger partial charge < -0.3 is 9.31 Å². The van der Waals surface area contributed by atoms with Crippen molar-refractivity contribution >= 4 is 19.3 Å². The average Bonchev–Trinajstić information content (AvgIpc) is 2.77. The van der Waals surface area contributed by atoms with Gasteiger partial charge in [0, 0.05) is 12.8 Å². The van der Waals surface area contributed by atoms with E-state index in [1.807, 2.05) is 13.8 Å². The summed E-state index contributed by atoms with van der Waals surface area (Å²) in [5.41, 5.74) is 0. The molecular weight excluding hydrogens is 219 g/mol. The van der Waals surface area contributed by atoms with E-state index in [0.29, 0.717) is 12.8 Å². The number of hydrogen-bond acceptors (Lipinski definition) is 4. The van der Waals surface area contributed by atoms with Crippen LogP contribution in [0.25, 0.3) is 0 Å². The summed E-state index contributed by atoms with van der Waals surface area (Å²) in [6.45, 7) is 3.99. The van der Waals surface area contributed by atoms with Gasteiger partial charge in [-0.2, -0.15) is 0 Å². The van der Waals surface area contributed by atoms with Gasteiger partial charge in [0.2, 0.25) is 0 Å². The van der Waals surface area contributed by atoms with E-state index < -0.39 is 0 Å². The molecule has 0 aliphatic heterocycles. The molecule has 17 heavy (non-hydrogen) atoms. The molecule has 2 rings (SSSR count). The standard InChI is InChI=1S/C12H18BO4/c1-7-3-5-9(14)11(7)16-13-17-12-8(2)4-6-10(12)15/h7-8,11-12H,3-6H2,1-2H3. The average molecular weight is 237 g/mol. The van der Waals surface area contributed by atoms with E-state index in [0.717, 1.165) is 12.8 Å². The summed E-state index contributed by atoms with van der Waals surface area (Å²) >= 11 is 0. The Balaban J connectivity index is 1.76. The Morgan fingerprint density at radius 1 is 0.941 bits per heavy atom. The topological polar surface area (TPSA) is 52.6 Å². The van der Waals surface area contributed by atoms with Gasteiger partial charge in [0.15, 0.2) is 11.6 Å². The highest BCUT2D eigenvalue weighted by Gasteiger charge is 2.35. The zero-order chi connectivity index (χ0) is 12.4. The van der Waals surface area contributed by atoms with Crippen molar-refractivity contribution < 1.29 is 18.9 Å². The minimum Gasteiger partial charge on any atom is -0.403 e. The van der Waals surface area contributed by atoms with Crippen LogP contribution in [0, 0.1) is 11.8 Å². The summed E-state index contributed by atoms with van der Waals surface area (Å²) in [5, 5.41) is 0. The minimum absolute atomic E-state index is 0.128. The van der Waals surface area contributed by atoms with Gasteiger partial charge in [-0.15, -0.1) is 0 Å². The Morgan fingerprint density at radius 3 is 1.65 bits per heavy atom. The van der Waals surface area contributed by atoms with Gasteiger partial charge >= 0.3 is 7.69 Å². The lowest BCUT2D eigenvalue weighted by molar-refractivity contribution is -0.126. The van der Waals surface area contributed by atoms with Crippen LogP contribution in [-0.4, -0.2) is 31.5 Å². The van der Waals surface area contributed by atoms with Crippen LogP contribution >= 0.6 is 0 Å². The maximum atomic E-state index is 11.5. The van der Waals surface area contributed by atoms with E-state index in [1.54, 1.807) is 0 Å². The van der Waals surface area contributed by atoms with E-state index in [2.05, 4.69) is 0 Å². The third kappa shape index (κ3) is 2.77. The molecule has 0 N–H and O–H groups in total. The van der Waals surface area contributed by atoms with Gasteiger partial charge in [0.05, 0.1) is 0 Å². The molecule has 2 saturated carbocycles. The van der Waals surface area contributed by atoms with Gasteiger partial charge in [0.25, 0.3) is 0 Å². The summed E-state index contributed by atoms with van der Waals surface area (Å²) in [4.78, 5) is 22.9. The van der Waals surface area contributed by atoms with Crippen LogP contribution in [0.3, 0.4) is 0 Å². The summed E-state index contributed by atoms with van der Waals surface area (Å²) in [6, 6.07) is 0. The van der Waals surface area contributed by atoms with Gasteiger partial charge in [-0.1, -0.05) is 13.8 Å². The van der Waals surface area contributed by atoms with Crippen molar-refractivity contribution in [2.24, 2.45) is 11.8 Å². The van der Waals surface area contributed by atoms with Crippen LogP contribution in [0.4, 0.5) is 0 Å². The molecule has 0 amide bonds.